The Hall–Kier alpha value is -2.22. The van der Waals surface area contributed by atoms with E-state index in [1.54, 1.807) is 18.2 Å². The van der Waals surface area contributed by atoms with Gasteiger partial charge in [0.15, 0.2) is 5.70 Å². The van der Waals surface area contributed by atoms with Crippen LogP contribution in [0.1, 0.15) is 12.5 Å². The van der Waals surface area contributed by atoms with Crippen LogP contribution in [0.4, 0.5) is 11.4 Å². The summed E-state index contributed by atoms with van der Waals surface area (Å²) in [6.45, 7) is 2.62. The number of rotatable bonds is 8. The number of aliphatic hydroxyl groups is 1. The summed E-state index contributed by atoms with van der Waals surface area (Å²) in [5.74, 6) is -1.11. The molecule has 0 aliphatic rings. The summed E-state index contributed by atoms with van der Waals surface area (Å²) in [6.07, 6.45) is 0. The van der Waals surface area contributed by atoms with E-state index in [4.69, 9.17) is 4.74 Å². The minimum absolute atomic E-state index is 0. The summed E-state index contributed by atoms with van der Waals surface area (Å²) >= 11 is 0.828. The molecular formula is C25H20N4Na2O9S3. The van der Waals surface area contributed by atoms with Gasteiger partial charge in [0.25, 0.3) is 5.91 Å². The Morgan fingerprint density at radius 1 is 1.02 bits per heavy atom. The molecule has 18 heteroatoms. The molecule has 0 unspecified atom stereocenters. The van der Waals surface area contributed by atoms with Crippen LogP contribution in [0.25, 0.3) is 20.8 Å². The Balaban J connectivity index is 0.00000323. The number of hydrogen-bond acceptors (Lipinski definition) is 13. The number of methoxy groups -OCH3 is 1. The molecule has 0 saturated carbocycles. The molecule has 0 atom stereocenters. The third-order valence-corrected chi connectivity index (χ3v) is 8.76. The van der Waals surface area contributed by atoms with Crippen molar-refractivity contribution in [2.45, 2.75) is 23.6 Å². The van der Waals surface area contributed by atoms with Gasteiger partial charge < -0.3 is 24.3 Å². The van der Waals surface area contributed by atoms with Gasteiger partial charge in [0.2, 0.25) is 0 Å². The summed E-state index contributed by atoms with van der Waals surface area (Å²) < 4.78 is 77.1. The van der Waals surface area contributed by atoms with Gasteiger partial charge in [-0.3, -0.25) is 4.79 Å². The second kappa shape index (κ2) is 14.7. The van der Waals surface area contributed by atoms with Crippen molar-refractivity contribution in [3.05, 3.63) is 71.6 Å². The third kappa shape index (κ3) is 8.49. The Labute approximate surface area is 295 Å². The summed E-state index contributed by atoms with van der Waals surface area (Å²) in [4.78, 5) is 15.8. The number of benzene rings is 3. The molecule has 3 aromatic carbocycles. The molecule has 0 aliphatic heterocycles. The molecule has 1 amide bonds. The van der Waals surface area contributed by atoms with Gasteiger partial charge in [-0.05, 0) is 55.8 Å². The first-order valence-electron chi connectivity index (χ1n) is 11.4. The van der Waals surface area contributed by atoms with Gasteiger partial charge in [-0.25, -0.2) is 21.8 Å². The summed E-state index contributed by atoms with van der Waals surface area (Å²) in [7, 11) is -8.59. The quantitative estimate of drug-likeness (QED) is 0.0742. The predicted molar refractivity (Wildman–Crippen MR) is 147 cm³/mol. The van der Waals surface area contributed by atoms with Crippen molar-refractivity contribution in [1.29, 1.82) is 0 Å². The summed E-state index contributed by atoms with van der Waals surface area (Å²) in [5.41, 5.74) is -0.210. The first-order valence-corrected chi connectivity index (χ1v) is 15.1. The van der Waals surface area contributed by atoms with E-state index in [-0.39, 0.29) is 91.2 Å². The molecule has 214 valence electrons. The average molecular weight is 663 g/mol. The SMILES string of the molecule is COc1ccccc1NC(=O)C(/N=N/c1ccc(-c2nc3ccc(C)c(S(=O)(=O)[O-])c3s2)cc1S(=O)(=O)[O-])=C(\C)O.[Na+].[Na+]. The molecule has 0 bridgehead atoms. The maximum absolute atomic E-state index is 12.8. The minimum Gasteiger partial charge on any atom is -0.744 e. The first-order chi connectivity index (χ1) is 19.2. The van der Waals surface area contributed by atoms with Crippen LogP contribution in [0, 0.1) is 6.92 Å². The number of amides is 1. The van der Waals surface area contributed by atoms with Crippen LogP contribution in [0.3, 0.4) is 0 Å². The average Bonchev–Trinajstić information content (AvgIpc) is 3.31. The van der Waals surface area contributed by atoms with Crippen molar-refractivity contribution in [2.24, 2.45) is 10.2 Å². The predicted octanol–water partition coefficient (Wildman–Crippen LogP) is -1.39. The zero-order valence-corrected chi connectivity index (χ0v) is 29.9. The van der Waals surface area contributed by atoms with Crippen LogP contribution in [0.15, 0.2) is 86.1 Å². The summed E-state index contributed by atoms with van der Waals surface area (Å²) in [5, 5.41) is 20.1. The number of nitrogens with zero attached hydrogens (tertiary/aromatic N) is 3. The van der Waals surface area contributed by atoms with Gasteiger partial charge in [-0.1, -0.05) is 18.2 Å². The van der Waals surface area contributed by atoms with Gasteiger partial charge in [-0.2, -0.15) is 0 Å². The molecule has 0 spiro atoms. The number of nitrogens with one attached hydrogen (secondary N) is 1. The van der Waals surface area contributed by atoms with Crippen LogP contribution < -0.4 is 69.2 Å². The second-order valence-corrected chi connectivity index (χ2v) is 12.1. The topological polar surface area (TPSA) is 211 Å². The van der Waals surface area contributed by atoms with E-state index < -0.39 is 53.1 Å². The third-order valence-electron chi connectivity index (χ3n) is 5.61. The zero-order chi connectivity index (χ0) is 30.1. The number of azo groups is 1. The zero-order valence-electron chi connectivity index (χ0n) is 23.5. The van der Waals surface area contributed by atoms with Gasteiger partial charge in [0.1, 0.15) is 42.4 Å². The molecule has 2 N–H and O–H groups in total. The number of aryl methyl sites for hydroxylation is 1. The standard InChI is InChI=1S/C25H22N4O9S3.2Na/c1-13-8-10-18-22(23(13)41(35,36)37)39-25(27-18)15-9-11-17(20(12-15)40(32,33)34)28-29-21(14(2)30)24(31)26-16-6-4-5-7-19(16)38-3;;/h4-12,30H,1-3H3,(H,26,31)(H,32,33,34)(H,35,36,37);;/q;2*+1/p-2/b21-14-,29-28+;;. The van der Waals surface area contributed by atoms with Crippen molar-refractivity contribution in [1.82, 2.24) is 4.98 Å². The molecule has 1 heterocycles. The van der Waals surface area contributed by atoms with Crippen molar-refractivity contribution < 1.29 is 99.7 Å². The number of carbonyl (C=O) groups is 1. The van der Waals surface area contributed by atoms with Crippen LogP contribution in [-0.2, 0) is 25.0 Å². The fourth-order valence-electron chi connectivity index (χ4n) is 3.75. The molecule has 43 heavy (non-hydrogen) atoms. The van der Waals surface area contributed by atoms with Crippen molar-refractivity contribution in [3.8, 4) is 16.3 Å². The van der Waals surface area contributed by atoms with Crippen LogP contribution >= 0.6 is 11.3 Å². The van der Waals surface area contributed by atoms with E-state index in [0.717, 1.165) is 30.4 Å². The van der Waals surface area contributed by atoms with Crippen molar-refractivity contribution in [2.75, 3.05) is 12.4 Å². The molecule has 13 nitrogen and oxygen atoms in total. The van der Waals surface area contributed by atoms with E-state index in [2.05, 4.69) is 20.5 Å². The second-order valence-electron chi connectivity index (χ2n) is 8.46. The van der Waals surface area contributed by atoms with Gasteiger partial charge in [0.05, 0.1) is 32.8 Å². The molecule has 0 saturated heterocycles. The molecule has 4 rings (SSSR count). The van der Waals surface area contributed by atoms with Crippen molar-refractivity contribution in [3.63, 3.8) is 0 Å². The van der Waals surface area contributed by atoms with E-state index >= 15 is 0 Å². The van der Waals surface area contributed by atoms with E-state index in [1.165, 1.54) is 38.3 Å². The minimum atomic E-state index is -5.15. The molecule has 0 aliphatic carbocycles. The smallest absolute Gasteiger partial charge is 0.744 e. The Morgan fingerprint density at radius 2 is 1.70 bits per heavy atom. The van der Waals surface area contributed by atoms with Crippen molar-refractivity contribution >= 4 is 59.1 Å². The Bertz CT molecular complexity index is 1970. The van der Waals surface area contributed by atoms with E-state index in [9.17, 15) is 35.8 Å². The normalized spacial score (nSPS) is 12.3. The van der Waals surface area contributed by atoms with E-state index in [1.807, 2.05) is 0 Å². The van der Waals surface area contributed by atoms with Gasteiger partial charge in [0, 0.05) is 5.56 Å². The number of aliphatic hydroxyl groups excluding tert-OH is 1. The number of aromatic nitrogens is 1. The number of thiazole rings is 1. The number of anilines is 1. The number of para-hydroxylation sites is 2. The molecule has 1 aromatic heterocycles. The van der Waals surface area contributed by atoms with Crippen LogP contribution in [0.5, 0.6) is 5.75 Å². The monoisotopic (exact) mass is 662 g/mol. The van der Waals surface area contributed by atoms with Gasteiger partial charge >= 0.3 is 59.1 Å². The van der Waals surface area contributed by atoms with Gasteiger partial charge in [-0.15, -0.1) is 21.6 Å². The molecule has 0 fully saturated rings. The Morgan fingerprint density at radius 3 is 2.30 bits per heavy atom. The Kier molecular flexibility index (Phi) is 12.6. The number of ether oxygens (including phenoxy) is 1. The number of allylic oxidation sites excluding steroid dienone is 1. The molecular weight excluding hydrogens is 642 g/mol. The number of fused-ring (bicyclic) bond motifs is 1. The maximum Gasteiger partial charge on any atom is 1.00 e. The van der Waals surface area contributed by atoms with Crippen LogP contribution in [-0.4, -0.2) is 49.0 Å². The number of hydrogen-bond donors (Lipinski definition) is 2. The maximum atomic E-state index is 12.8. The van der Waals surface area contributed by atoms with E-state index in [0.29, 0.717) is 5.75 Å². The number of carbonyl (C=O) groups excluding carboxylic acids is 1. The van der Waals surface area contributed by atoms with Crippen LogP contribution in [0.2, 0.25) is 0 Å². The largest absolute Gasteiger partial charge is 1.00 e. The fourth-order valence-corrected chi connectivity index (χ4v) is 6.66. The first kappa shape index (κ1) is 37.0. The fraction of sp³-hybridized carbons (Fsp3) is 0.120. The summed E-state index contributed by atoms with van der Waals surface area (Å²) in [6, 6.07) is 12.8. The molecule has 4 aromatic rings. The molecule has 0 radical (unpaired) electrons.